The van der Waals surface area contributed by atoms with Gasteiger partial charge in [0.1, 0.15) is 0 Å². The highest BCUT2D eigenvalue weighted by atomic mass is 16.2. The van der Waals surface area contributed by atoms with Gasteiger partial charge in [-0.05, 0) is 12.8 Å². The van der Waals surface area contributed by atoms with Crippen LogP contribution >= 0.6 is 0 Å². The number of urea groups is 1. The molecule has 5 nitrogen and oxygen atoms in total. The molecule has 0 aliphatic heterocycles. The number of hydrogen-bond acceptors (Lipinski definition) is 2. The molecule has 0 aromatic heterocycles. The first-order valence-electron chi connectivity index (χ1n) is 2.85. The van der Waals surface area contributed by atoms with Gasteiger partial charge in [0.2, 0.25) is 5.91 Å². The first-order valence-corrected chi connectivity index (χ1v) is 2.85. The monoisotopic (exact) mass is 155 g/mol. The molecule has 0 bridgehead atoms. The van der Waals surface area contributed by atoms with Crippen LogP contribution in [-0.4, -0.2) is 25.3 Å². The lowest BCUT2D eigenvalue weighted by molar-refractivity contribution is -0.116. The van der Waals surface area contributed by atoms with Crippen molar-refractivity contribution >= 4 is 18.7 Å². The molecule has 3 amide bonds. The van der Waals surface area contributed by atoms with E-state index in [0.717, 1.165) is 6.08 Å². The van der Waals surface area contributed by atoms with Crippen molar-refractivity contribution in [1.82, 2.24) is 10.6 Å². The molecule has 0 unspecified atom stereocenters. The van der Waals surface area contributed by atoms with Crippen LogP contribution in [0.2, 0.25) is 0 Å². The Balaban J connectivity index is 3.41. The molecule has 5 heteroatoms. The summed E-state index contributed by atoms with van der Waals surface area (Å²) in [7, 11) is 0. The summed E-state index contributed by atoms with van der Waals surface area (Å²) >= 11 is 0. The lowest BCUT2D eigenvalue weighted by atomic mass is 10.6. The van der Waals surface area contributed by atoms with Crippen molar-refractivity contribution in [3.05, 3.63) is 12.7 Å². The van der Waals surface area contributed by atoms with Crippen LogP contribution in [-0.2, 0) is 4.79 Å². The largest absolute Gasteiger partial charge is 0.341 e. The van der Waals surface area contributed by atoms with Gasteiger partial charge >= 0.3 is 6.03 Å². The van der Waals surface area contributed by atoms with Crippen molar-refractivity contribution in [2.45, 2.75) is 0 Å². The highest BCUT2D eigenvalue weighted by molar-refractivity contribution is 5.87. The van der Waals surface area contributed by atoms with Gasteiger partial charge in [0.05, 0.1) is 6.67 Å². The Morgan fingerprint density at radius 3 is 2.55 bits per heavy atom. The van der Waals surface area contributed by atoms with E-state index in [-0.39, 0.29) is 12.6 Å². The van der Waals surface area contributed by atoms with Crippen LogP contribution in [0.1, 0.15) is 0 Å². The highest BCUT2D eigenvalue weighted by Crippen LogP contribution is 1.68. The van der Waals surface area contributed by atoms with E-state index in [0.29, 0.717) is 0 Å². The number of carbonyl (C=O) groups is 2. The molecule has 0 aromatic rings. The fourth-order valence-corrected chi connectivity index (χ4v) is 0.335. The lowest BCUT2D eigenvalue weighted by Gasteiger charge is -2.00. The van der Waals surface area contributed by atoms with Gasteiger partial charge in [-0.3, -0.25) is 4.79 Å². The number of aliphatic imine (C=N–C) groups is 1. The van der Waals surface area contributed by atoms with E-state index in [1.165, 1.54) is 0 Å². The quantitative estimate of drug-likeness (QED) is 0.332. The van der Waals surface area contributed by atoms with E-state index >= 15 is 0 Å². The van der Waals surface area contributed by atoms with Crippen LogP contribution in [0.15, 0.2) is 17.6 Å². The van der Waals surface area contributed by atoms with Gasteiger partial charge in [-0.15, -0.1) is 0 Å². The molecule has 0 saturated carbocycles. The van der Waals surface area contributed by atoms with Crippen molar-refractivity contribution in [3.8, 4) is 0 Å². The molecule has 0 atom stereocenters. The van der Waals surface area contributed by atoms with Crippen LogP contribution < -0.4 is 10.6 Å². The normalized spacial score (nSPS) is 8.00. The predicted octanol–water partition coefficient (Wildman–Crippen LogP) is -0.344. The molecule has 0 rings (SSSR count). The number of hydrogen-bond donors (Lipinski definition) is 2. The number of nitrogens with one attached hydrogen (secondary N) is 2. The molecule has 0 spiro atoms. The maximum absolute atomic E-state index is 10.5. The minimum atomic E-state index is -0.575. The zero-order valence-electron chi connectivity index (χ0n) is 5.96. The molecule has 0 aliphatic carbocycles. The molecule has 0 fully saturated rings. The zero-order chi connectivity index (χ0) is 8.69. The smallest absolute Gasteiger partial charge is 0.335 e. The van der Waals surface area contributed by atoms with Gasteiger partial charge in [-0.25, -0.2) is 9.79 Å². The molecule has 2 N–H and O–H groups in total. The predicted molar refractivity (Wildman–Crippen MR) is 41.3 cm³/mol. The summed E-state index contributed by atoms with van der Waals surface area (Å²) < 4.78 is 0. The third-order valence-corrected chi connectivity index (χ3v) is 0.831. The molecule has 0 heterocycles. The molecular weight excluding hydrogens is 146 g/mol. The molecular formula is C6H9N3O2. The Kier molecular flexibility index (Phi) is 4.39. The molecule has 60 valence electrons. The minimum Gasteiger partial charge on any atom is -0.335 e. The number of amides is 3. The maximum atomic E-state index is 10.5. The summed E-state index contributed by atoms with van der Waals surface area (Å²) in [6, 6.07) is -0.575. The first-order chi connectivity index (χ1) is 5.20. The third kappa shape index (κ3) is 4.83. The first kappa shape index (κ1) is 9.35. The topological polar surface area (TPSA) is 70.6 Å². The number of nitrogens with zero attached hydrogens (tertiary/aromatic N) is 1. The van der Waals surface area contributed by atoms with Crippen molar-refractivity contribution in [2.75, 3.05) is 6.67 Å². The van der Waals surface area contributed by atoms with E-state index in [9.17, 15) is 9.59 Å². The molecule has 0 aromatic carbocycles. The number of carbonyl (C=O) groups excluding carboxylic acids is 2. The molecule has 11 heavy (non-hydrogen) atoms. The third-order valence-electron chi connectivity index (χ3n) is 0.831. The molecule has 0 saturated heterocycles. The Morgan fingerprint density at radius 1 is 1.45 bits per heavy atom. The Labute approximate surface area is 64.2 Å². The van der Waals surface area contributed by atoms with E-state index in [4.69, 9.17) is 0 Å². The Bertz CT molecular complexity index is 168. The van der Waals surface area contributed by atoms with Gasteiger partial charge in [0.15, 0.2) is 0 Å². The van der Waals surface area contributed by atoms with Gasteiger partial charge in [0.25, 0.3) is 0 Å². The van der Waals surface area contributed by atoms with E-state index < -0.39 is 6.03 Å². The minimum absolute atomic E-state index is 0.0305. The summed E-state index contributed by atoms with van der Waals surface area (Å²) in [6.45, 7) is 6.23. The van der Waals surface area contributed by atoms with E-state index in [1.54, 1.807) is 0 Å². The second kappa shape index (κ2) is 5.16. The average Bonchev–Trinajstić information content (AvgIpc) is 2.04. The van der Waals surface area contributed by atoms with Gasteiger partial charge < -0.3 is 10.6 Å². The maximum Gasteiger partial charge on any atom is 0.341 e. The summed E-state index contributed by atoms with van der Waals surface area (Å²) in [5.74, 6) is -0.352. The van der Waals surface area contributed by atoms with Crippen LogP contribution in [0.25, 0.3) is 0 Å². The van der Waals surface area contributed by atoms with Gasteiger partial charge in [0, 0.05) is 0 Å². The van der Waals surface area contributed by atoms with Crippen LogP contribution in [0, 0.1) is 0 Å². The van der Waals surface area contributed by atoms with E-state index in [1.807, 2.05) is 0 Å². The van der Waals surface area contributed by atoms with Crippen molar-refractivity contribution < 1.29 is 9.59 Å². The van der Waals surface area contributed by atoms with Crippen LogP contribution in [0.4, 0.5) is 4.79 Å². The summed E-state index contributed by atoms with van der Waals surface area (Å²) in [6.07, 6.45) is 1.10. The number of rotatable bonds is 3. The highest BCUT2D eigenvalue weighted by Gasteiger charge is 1.94. The lowest BCUT2D eigenvalue weighted by Crippen LogP contribution is -2.34. The van der Waals surface area contributed by atoms with Crippen molar-refractivity contribution in [2.24, 2.45) is 4.99 Å². The standard InChI is InChI=1S/C6H9N3O2/c1-3-5(10)8-4-9-6(11)7-2/h3H,1-2,4H2,(H,8,10)(H,9,11). The van der Waals surface area contributed by atoms with Gasteiger partial charge in [-0.2, -0.15) is 0 Å². The Hall–Kier alpha value is -1.65. The summed E-state index contributed by atoms with van der Waals surface area (Å²) in [5, 5.41) is 4.57. The summed E-state index contributed by atoms with van der Waals surface area (Å²) in [5.41, 5.74) is 0. The van der Waals surface area contributed by atoms with Crippen molar-refractivity contribution in [3.63, 3.8) is 0 Å². The second-order valence-electron chi connectivity index (χ2n) is 1.56. The van der Waals surface area contributed by atoms with Gasteiger partial charge in [-0.1, -0.05) is 6.58 Å². The Morgan fingerprint density at radius 2 is 2.09 bits per heavy atom. The van der Waals surface area contributed by atoms with Crippen molar-refractivity contribution in [1.29, 1.82) is 0 Å². The fourth-order valence-electron chi connectivity index (χ4n) is 0.335. The summed E-state index contributed by atoms with van der Waals surface area (Å²) in [4.78, 5) is 23.9. The second-order valence-corrected chi connectivity index (χ2v) is 1.56. The molecule has 0 aliphatic rings. The zero-order valence-corrected chi connectivity index (χ0v) is 5.96. The van der Waals surface area contributed by atoms with Crippen LogP contribution in [0.3, 0.4) is 0 Å². The molecule has 0 radical (unpaired) electrons. The van der Waals surface area contributed by atoms with E-state index in [2.05, 4.69) is 28.9 Å². The average molecular weight is 155 g/mol. The SMILES string of the molecule is C=CC(=O)NCNC(=O)N=C. The van der Waals surface area contributed by atoms with Crippen LogP contribution in [0.5, 0.6) is 0 Å². The fraction of sp³-hybridized carbons (Fsp3) is 0.167.